The second kappa shape index (κ2) is 5.95. The molecule has 1 fully saturated rings. The van der Waals surface area contributed by atoms with Gasteiger partial charge < -0.3 is 10.6 Å². The highest BCUT2D eigenvalue weighted by atomic mass is 79.9. The highest BCUT2D eigenvalue weighted by molar-refractivity contribution is 9.10. The van der Waals surface area contributed by atoms with Gasteiger partial charge in [0, 0.05) is 38.9 Å². The van der Waals surface area contributed by atoms with Crippen molar-refractivity contribution in [2.45, 2.75) is 6.92 Å². The van der Waals surface area contributed by atoms with Gasteiger partial charge in [-0.25, -0.2) is 4.98 Å². The zero-order valence-electron chi connectivity index (χ0n) is 10.4. The maximum atomic E-state index is 5.57. The van der Waals surface area contributed by atoms with Gasteiger partial charge in [0.15, 0.2) is 0 Å². The molecule has 6 heteroatoms. The molecule has 1 saturated heterocycles. The molecule has 1 aliphatic heterocycles. The number of pyridine rings is 1. The Labute approximate surface area is 121 Å². The van der Waals surface area contributed by atoms with E-state index in [2.05, 4.69) is 37.6 Å². The Hall–Kier alpha value is -0.720. The van der Waals surface area contributed by atoms with Crippen LogP contribution in [-0.2, 0) is 0 Å². The number of aromatic nitrogens is 1. The van der Waals surface area contributed by atoms with Crippen LogP contribution in [0, 0.1) is 6.92 Å². The Morgan fingerprint density at radius 2 is 2.11 bits per heavy atom. The van der Waals surface area contributed by atoms with Crippen molar-refractivity contribution < 1.29 is 0 Å². The number of hydrogen-bond donors (Lipinski definition) is 1. The predicted molar refractivity (Wildman–Crippen MR) is 82.1 cm³/mol. The Kier molecular flexibility index (Phi) is 4.53. The minimum absolute atomic E-state index is 0.568. The number of rotatable bonds is 3. The lowest BCUT2D eigenvalue weighted by atomic mass is 10.2. The molecule has 0 unspecified atom stereocenters. The standard InChI is InChI=1S/C12H17BrN4S/c1-9-2-3-15-12(11(9)13)17-6-4-16(5-7-17)8-10(14)18/h2-3H,4-8H2,1H3,(H2,14,18). The Balaban J connectivity index is 2.01. The fraction of sp³-hybridized carbons (Fsp3) is 0.500. The van der Waals surface area contributed by atoms with Gasteiger partial charge in [0.25, 0.3) is 0 Å². The summed E-state index contributed by atoms with van der Waals surface area (Å²) < 4.78 is 1.09. The van der Waals surface area contributed by atoms with Gasteiger partial charge in [-0.05, 0) is 34.5 Å². The fourth-order valence-electron chi connectivity index (χ4n) is 2.08. The van der Waals surface area contributed by atoms with Crippen LogP contribution in [0.5, 0.6) is 0 Å². The van der Waals surface area contributed by atoms with E-state index < -0.39 is 0 Å². The first-order valence-corrected chi connectivity index (χ1v) is 7.15. The van der Waals surface area contributed by atoms with Gasteiger partial charge in [-0.15, -0.1) is 0 Å². The van der Waals surface area contributed by atoms with Crippen LogP contribution in [0.4, 0.5) is 5.82 Å². The summed E-state index contributed by atoms with van der Waals surface area (Å²) in [6.07, 6.45) is 1.86. The molecule has 0 aliphatic carbocycles. The third-order valence-corrected chi connectivity index (χ3v) is 4.22. The lowest BCUT2D eigenvalue weighted by molar-refractivity contribution is 0.291. The molecular formula is C12H17BrN4S. The lowest BCUT2D eigenvalue weighted by Gasteiger charge is -2.35. The zero-order chi connectivity index (χ0) is 13.1. The minimum atomic E-state index is 0.568. The van der Waals surface area contributed by atoms with Crippen molar-refractivity contribution in [2.24, 2.45) is 5.73 Å². The topological polar surface area (TPSA) is 45.4 Å². The maximum Gasteiger partial charge on any atom is 0.143 e. The van der Waals surface area contributed by atoms with E-state index in [-0.39, 0.29) is 0 Å². The normalized spacial score (nSPS) is 16.9. The molecular weight excluding hydrogens is 312 g/mol. The number of anilines is 1. The van der Waals surface area contributed by atoms with E-state index in [1.165, 1.54) is 5.56 Å². The van der Waals surface area contributed by atoms with E-state index in [0.717, 1.165) is 36.5 Å². The summed E-state index contributed by atoms with van der Waals surface area (Å²) in [6.45, 7) is 6.65. The summed E-state index contributed by atoms with van der Waals surface area (Å²) in [6, 6.07) is 2.01. The second-order valence-electron chi connectivity index (χ2n) is 4.49. The molecule has 18 heavy (non-hydrogen) atoms. The first-order valence-electron chi connectivity index (χ1n) is 5.94. The van der Waals surface area contributed by atoms with Crippen molar-refractivity contribution in [3.05, 3.63) is 22.3 Å². The summed E-state index contributed by atoms with van der Waals surface area (Å²) in [5.41, 5.74) is 6.78. The fourth-order valence-corrected chi connectivity index (χ4v) is 2.75. The summed E-state index contributed by atoms with van der Waals surface area (Å²) in [5.74, 6) is 1.03. The van der Waals surface area contributed by atoms with Crippen molar-refractivity contribution in [1.29, 1.82) is 0 Å². The molecule has 1 aliphatic rings. The SMILES string of the molecule is Cc1ccnc(N2CCN(CC(N)=S)CC2)c1Br. The summed E-state index contributed by atoms with van der Waals surface area (Å²) >= 11 is 8.55. The number of thiocarbonyl (C=S) groups is 1. The van der Waals surface area contributed by atoms with Crippen molar-refractivity contribution in [1.82, 2.24) is 9.88 Å². The van der Waals surface area contributed by atoms with E-state index in [9.17, 15) is 0 Å². The average molecular weight is 329 g/mol. The molecule has 0 radical (unpaired) electrons. The molecule has 98 valence electrons. The Morgan fingerprint density at radius 3 is 2.72 bits per heavy atom. The third kappa shape index (κ3) is 3.18. The molecule has 2 rings (SSSR count). The molecule has 0 atom stereocenters. The molecule has 0 aromatic carbocycles. The number of halogens is 1. The number of nitrogens with zero attached hydrogens (tertiary/aromatic N) is 3. The van der Waals surface area contributed by atoms with E-state index in [1.54, 1.807) is 0 Å². The molecule has 2 N–H and O–H groups in total. The van der Waals surface area contributed by atoms with Crippen LogP contribution in [-0.4, -0.2) is 47.6 Å². The molecule has 1 aromatic rings. The largest absolute Gasteiger partial charge is 0.392 e. The molecule has 4 nitrogen and oxygen atoms in total. The van der Waals surface area contributed by atoms with Crippen LogP contribution >= 0.6 is 28.1 Å². The van der Waals surface area contributed by atoms with Crippen LogP contribution in [0.1, 0.15) is 5.56 Å². The van der Waals surface area contributed by atoms with Crippen molar-refractivity contribution in [2.75, 3.05) is 37.6 Å². The van der Waals surface area contributed by atoms with E-state index in [1.807, 2.05) is 12.3 Å². The third-order valence-electron chi connectivity index (χ3n) is 3.12. The smallest absolute Gasteiger partial charge is 0.143 e. The molecule has 2 heterocycles. The van der Waals surface area contributed by atoms with Crippen LogP contribution in [0.15, 0.2) is 16.7 Å². The van der Waals surface area contributed by atoms with Gasteiger partial charge in [0.05, 0.1) is 9.46 Å². The first-order chi connectivity index (χ1) is 8.58. The van der Waals surface area contributed by atoms with E-state index in [4.69, 9.17) is 18.0 Å². The Morgan fingerprint density at radius 1 is 1.44 bits per heavy atom. The molecule has 0 bridgehead atoms. The van der Waals surface area contributed by atoms with Crippen LogP contribution < -0.4 is 10.6 Å². The van der Waals surface area contributed by atoms with E-state index >= 15 is 0 Å². The van der Waals surface area contributed by atoms with Gasteiger partial charge in [0.2, 0.25) is 0 Å². The second-order valence-corrected chi connectivity index (χ2v) is 5.81. The van der Waals surface area contributed by atoms with Gasteiger partial charge in [0.1, 0.15) is 5.82 Å². The monoisotopic (exact) mass is 328 g/mol. The van der Waals surface area contributed by atoms with Gasteiger partial charge in [-0.2, -0.15) is 0 Å². The van der Waals surface area contributed by atoms with Gasteiger partial charge in [-0.3, -0.25) is 4.90 Å². The zero-order valence-corrected chi connectivity index (χ0v) is 12.8. The van der Waals surface area contributed by atoms with Crippen LogP contribution in [0.3, 0.4) is 0 Å². The minimum Gasteiger partial charge on any atom is -0.392 e. The van der Waals surface area contributed by atoms with Crippen LogP contribution in [0.2, 0.25) is 0 Å². The summed E-state index contributed by atoms with van der Waals surface area (Å²) in [5, 5.41) is 0. The maximum absolute atomic E-state index is 5.57. The first kappa shape index (κ1) is 13.7. The summed E-state index contributed by atoms with van der Waals surface area (Å²) in [4.78, 5) is 9.61. The van der Waals surface area contributed by atoms with E-state index in [0.29, 0.717) is 11.5 Å². The van der Waals surface area contributed by atoms with Crippen molar-refractivity contribution >= 4 is 39.0 Å². The van der Waals surface area contributed by atoms with Gasteiger partial charge in [-0.1, -0.05) is 12.2 Å². The quantitative estimate of drug-likeness (QED) is 0.853. The summed E-state index contributed by atoms with van der Waals surface area (Å²) in [7, 11) is 0. The highest BCUT2D eigenvalue weighted by Crippen LogP contribution is 2.27. The number of aryl methyl sites for hydroxylation is 1. The highest BCUT2D eigenvalue weighted by Gasteiger charge is 2.20. The number of nitrogens with two attached hydrogens (primary N) is 1. The average Bonchev–Trinajstić information content (AvgIpc) is 2.33. The molecule has 0 spiro atoms. The number of piperazine rings is 1. The number of hydrogen-bond acceptors (Lipinski definition) is 4. The van der Waals surface area contributed by atoms with Gasteiger partial charge >= 0.3 is 0 Å². The lowest BCUT2D eigenvalue weighted by Crippen LogP contribution is -2.49. The molecule has 1 aromatic heterocycles. The van der Waals surface area contributed by atoms with Crippen molar-refractivity contribution in [3.63, 3.8) is 0 Å². The molecule has 0 saturated carbocycles. The predicted octanol–water partition coefficient (Wildman–Crippen LogP) is 1.56. The molecule has 0 amide bonds. The Bertz CT molecular complexity index is 444. The van der Waals surface area contributed by atoms with Crippen molar-refractivity contribution in [3.8, 4) is 0 Å². The van der Waals surface area contributed by atoms with Crippen LogP contribution in [0.25, 0.3) is 0 Å².